The molecule has 1 saturated heterocycles. The maximum Gasteiger partial charge on any atom is 0.157 e. The van der Waals surface area contributed by atoms with Gasteiger partial charge in [0.1, 0.15) is 0 Å². The van der Waals surface area contributed by atoms with Gasteiger partial charge in [-0.25, -0.2) is 4.98 Å². The van der Waals surface area contributed by atoms with Crippen molar-refractivity contribution >= 4 is 22.3 Å². The summed E-state index contributed by atoms with van der Waals surface area (Å²) in [6, 6.07) is 0. The molecule has 0 spiro atoms. The van der Waals surface area contributed by atoms with Crippen molar-refractivity contribution in [2.45, 2.75) is 0 Å². The van der Waals surface area contributed by atoms with Gasteiger partial charge in [0.15, 0.2) is 5.65 Å². The summed E-state index contributed by atoms with van der Waals surface area (Å²) in [7, 11) is 0. The van der Waals surface area contributed by atoms with Gasteiger partial charge in [-0.1, -0.05) is 18.2 Å². The molecule has 4 rings (SSSR count). The maximum absolute atomic E-state index is 4.46. The Morgan fingerprint density at radius 1 is 1.16 bits per heavy atom. The zero-order chi connectivity index (χ0) is 12.7. The van der Waals surface area contributed by atoms with Crippen molar-refractivity contribution in [1.82, 2.24) is 20.5 Å². The van der Waals surface area contributed by atoms with Crippen molar-refractivity contribution in [1.29, 1.82) is 0 Å². The van der Waals surface area contributed by atoms with Crippen LogP contribution < -0.4 is 10.2 Å². The molecule has 1 fully saturated rings. The molecule has 2 aromatic rings. The quantitative estimate of drug-likeness (QED) is 0.847. The predicted molar refractivity (Wildman–Crippen MR) is 76.1 cm³/mol. The summed E-state index contributed by atoms with van der Waals surface area (Å²) in [6.45, 7) is 4.09. The van der Waals surface area contributed by atoms with Gasteiger partial charge in [0, 0.05) is 37.9 Å². The van der Waals surface area contributed by atoms with E-state index in [-0.39, 0.29) is 0 Å². The van der Waals surface area contributed by atoms with Gasteiger partial charge in [0.05, 0.1) is 17.3 Å². The lowest BCUT2D eigenvalue weighted by atomic mass is 9.97. The maximum atomic E-state index is 4.46. The summed E-state index contributed by atoms with van der Waals surface area (Å²) in [5, 5.41) is 11.6. The van der Waals surface area contributed by atoms with Crippen LogP contribution in [-0.2, 0) is 0 Å². The van der Waals surface area contributed by atoms with Crippen molar-refractivity contribution in [3.8, 4) is 0 Å². The van der Waals surface area contributed by atoms with Gasteiger partial charge in [-0.2, -0.15) is 5.10 Å². The Bertz CT molecular complexity index is 676. The number of anilines is 1. The van der Waals surface area contributed by atoms with Crippen LogP contribution in [0.3, 0.4) is 0 Å². The average Bonchev–Trinajstić information content (AvgIpc) is 2.86. The summed E-state index contributed by atoms with van der Waals surface area (Å²) in [5.74, 6) is 0. The topological polar surface area (TPSA) is 56.8 Å². The van der Waals surface area contributed by atoms with Crippen LogP contribution in [0, 0.1) is 0 Å². The molecule has 0 atom stereocenters. The number of pyridine rings is 1. The molecule has 2 aromatic heterocycles. The minimum absolute atomic E-state index is 0.862. The number of nitrogens with one attached hydrogen (secondary N) is 2. The van der Waals surface area contributed by atoms with Crippen molar-refractivity contribution in [3.63, 3.8) is 0 Å². The van der Waals surface area contributed by atoms with Gasteiger partial charge in [-0.3, -0.25) is 5.10 Å². The van der Waals surface area contributed by atoms with Crippen LogP contribution in [0.4, 0.5) is 5.69 Å². The zero-order valence-corrected chi connectivity index (χ0v) is 10.6. The number of piperazine rings is 1. The van der Waals surface area contributed by atoms with Gasteiger partial charge in [-0.05, 0) is 5.57 Å². The Kier molecular flexibility index (Phi) is 2.38. The summed E-state index contributed by atoms with van der Waals surface area (Å²) in [4.78, 5) is 6.89. The van der Waals surface area contributed by atoms with E-state index in [1.54, 1.807) is 0 Å². The Hall–Kier alpha value is -2.14. The largest absolute Gasteiger partial charge is 0.368 e. The minimum Gasteiger partial charge on any atom is -0.368 e. The van der Waals surface area contributed by atoms with Crippen LogP contribution in [-0.4, -0.2) is 41.4 Å². The number of rotatable bonds is 2. The third kappa shape index (κ3) is 1.66. The molecule has 0 radical (unpaired) electrons. The highest BCUT2D eigenvalue weighted by molar-refractivity contribution is 5.99. The van der Waals surface area contributed by atoms with Crippen LogP contribution in [0.25, 0.3) is 16.6 Å². The minimum atomic E-state index is 0.862. The molecule has 0 unspecified atom stereocenters. The first-order valence-corrected chi connectivity index (χ1v) is 6.60. The first-order valence-electron chi connectivity index (χ1n) is 6.60. The molecule has 19 heavy (non-hydrogen) atoms. The lowest BCUT2D eigenvalue weighted by Crippen LogP contribution is -2.44. The van der Waals surface area contributed by atoms with Gasteiger partial charge >= 0.3 is 0 Å². The van der Waals surface area contributed by atoms with E-state index in [1.807, 2.05) is 12.4 Å². The molecule has 1 aliphatic heterocycles. The predicted octanol–water partition coefficient (Wildman–Crippen LogP) is 1.32. The molecular weight excluding hydrogens is 238 g/mol. The second-order valence-electron chi connectivity index (χ2n) is 4.87. The van der Waals surface area contributed by atoms with Gasteiger partial charge in [0.25, 0.3) is 0 Å². The van der Waals surface area contributed by atoms with Crippen LogP contribution >= 0.6 is 0 Å². The normalized spacial score (nSPS) is 18.5. The van der Waals surface area contributed by atoms with Crippen LogP contribution in [0.15, 0.2) is 30.6 Å². The van der Waals surface area contributed by atoms with Crippen LogP contribution in [0.5, 0.6) is 0 Å². The highest BCUT2D eigenvalue weighted by Crippen LogP contribution is 2.35. The summed E-state index contributed by atoms with van der Waals surface area (Å²) < 4.78 is 0. The molecule has 2 N–H and O–H groups in total. The highest BCUT2D eigenvalue weighted by Gasteiger charge is 2.20. The first-order chi connectivity index (χ1) is 9.43. The number of fused-ring (bicyclic) bond motifs is 1. The molecule has 96 valence electrons. The lowest BCUT2D eigenvalue weighted by Gasteiger charge is -2.32. The molecule has 0 saturated carbocycles. The molecule has 0 aromatic carbocycles. The summed E-state index contributed by atoms with van der Waals surface area (Å²) in [6.07, 6.45) is 10.2. The smallest absolute Gasteiger partial charge is 0.157 e. The molecule has 3 heterocycles. The van der Waals surface area contributed by atoms with E-state index in [4.69, 9.17) is 0 Å². The van der Waals surface area contributed by atoms with Crippen LogP contribution in [0.1, 0.15) is 5.56 Å². The zero-order valence-electron chi connectivity index (χ0n) is 10.6. The second kappa shape index (κ2) is 4.20. The molecular formula is C14H15N5. The number of aromatic nitrogens is 3. The van der Waals surface area contributed by atoms with E-state index in [2.05, 4.69) is 43.6 Å². The second-order valence-corrected chi connectivity index (χ2v) is 4.87. The van der Waals surface area contributed by atoms with Gasteiger partial charge in [-0.15, -0.1) is 0 Å². The molecule has 2 aliphatic rings. The number of hydrogen-bond acceptors (Lipinski definition) is 4. The average molecular weight is 253 g/mol. The van der Waals surface area contributed by atoms with E-state index in [1.165, 1.54) is 16.8 Å². The Morgan fingerprint density at radius 3 is 2.74 bits per heavy atom. The van der Waals surface area contributed by atoms with E-state index >= 15 is 0 Å². The Labute approximate surface area is 111 Å². The summed E-state index contributed by atoms with van der Waals surface area (Å²) >= 11 is 0. The molecule has 5 nitrogen and oxygen atoms in total. The third-order valence-corrected chi connectivity index (χ3v) is 3.75. The fourth-order valence-electron chi connectivity index (χ4n) is 2.70. The molecule has 1 aliphatic carbocycles. The standard InChI is InChI=1S/C14H15N5/c1-2-10(3-1)11-8-16-14-12(9-17-18-14)13(11)19-6-4-15-5-7-19/h1-3,8-9,15H,4-7H2,(H,16,17,18). The number of hydrogen-bond donors (Lipinski definition) is 2. The van der Waals surface area contributed by atoms with Crippen LogP contribution in [0.2, 0.25) is 0 Å². The molecule has 0 amide bonds. The van der Waals surface area contributed by atoms with Gasteiger partial charge in [0.2, 0.25) is 0 Å². The van der Waals surface area contributed by atoms with E-state index < -0.39 is 0 Å². The van der Waals surface area contributed by atoms with E-state index in [0.29, 0.717) is 0 Å². The highest BCUT2D eigenvalue weighted by atomic mass is 15.2. The SMILES string of the molecule is C1=CC(c2cnc3[nH]ncc3c2N2CCNCC2)=C1. The Morgan fingerprint density at radius 2 is 2.00 bits per heavy atom. The number of allylic oxidation sites excluding steroid dienone is 4. The summed E-state index contributed by atoms with van der Waals surface area (Å²) in [5.41, 5.74) is 4.58. The van der Waals surface area contributed by atoms with Crippen molar-refractivity contribution < 1.29 is 0 Å². The molecule has 5 heteroatoms. The van der Waals surface area contributed by atoms with Crippen molar-refractivity contribution in [2.75, 3.05) is 31.1 Å². The van der Waals surface area contributed by atoms with Crippen molar-refractivity contribution in [3.05, 3.63) is 36.2 Å². The Balaban J connectivity index is 1.90. The molecule has 0 bridgehead atoms. The van der Waals surface area contributed by atoms with E-state index in [0.717, 1.165) is 37.2 Å². The fraction of sp³-hybridized carbons (Fsp3) is 0.286. The number of H-pyrrole nitrogens is 1. The fourth-order valence-corrected chi connectivity index (χ4v) is 2.70. The first kappa shape index (κ1) is 10.8. The van der Waals surface area contributed by atoms with E-state index in [9.17, 15) is 0 Å². The van der Waals surface area contributed by atoms with Gasteiger partial charge < -0.3 is 10.2 Å². The number of aromatic amines is 1. The lowest BCUT2D eigenvalue weighted by molar-refractivity contribution is 0.590. The third-order valence-electron chi connectivity index (χ3n) is 3.75. The number of nitrogens with zero attached hydrogens (tertiary/aromatic N) is 3. The van der Waals surface area contributed by atoms with Crippen molar-refractivity contribution in [2.24, 2.45) is 0 Å². The monoisotopic (exact) mass is 253 g/mol.